The number of carbonyl (C=O) groups is 1. The van der Waals surface area contributed by atoms with Crippen LogP contribution in [-0.2, 0) is 4.79 Å². The summed E-state index contributed by atoms with van der Waals surface area (Å²) in [5.74, 6) is -0.262. The van der Waals surface area contributed by atoms with E-state index in [9.17, 15) is 4.79 Å². The summed E-state index contributed by atoms with van der Waals surface area (Å²) in [6.45, 7) is 1.28. The molecular formula is C12H17N3O. The van der Waals surface area contributed by atoms with Crippen molar-refractivity contribution in [2.75, 3.05) is 18.8 Å². The number of likely N-dealkylation sites (tertiary alicyclic amines) is 1. The van der Waals surface area contributed by atoms with Crippen molar-refractivity contribution in [3.8, 4) is 0 Å². The number of nitrogen functional groups attached to an aromatic ring is 1. The van der Waals surface area contributed by atoms with Crippen molar-refractivity contribution in [1.82, 2.24) is 4.90 Å². The zero-order chi connectivity index (χ0) is 11.5. The molecule has 4 nitrogen and oxygen atoms in total. The average Bonchev–Trinajstić information content (AvgIpc) is 2.66. The molecule has 0 radical (unpaired) electrons. The minimum Gasteiger partial charge on any atom is -0.399 e. The fourth-order valence-corrected chi connectivity index (χ4v) is 2.31. The van der Waals surface area contributed by atoms with Crippen molar-refractivity contribution >= 4 is 11.6 Å². The highest BCUT2D eigenvalue weighted by molar-refractivity contribution is 5.76. The molecule has 1 heterocycles. The van der Waals surface area contributed by atoms with Crippen molar-refractivity contribution in [2.45, 2.75) is 18.9 Å². The highest BCUT2D eigenvalue weighted by atomic mass is 16.1. The molecule has 1 aliphatic rings. The van der Waals surface area contributed by atoms with Gasteiger partial charge in [-0.1, -0.05) is 12.1 Å². The molecule has 0 aromatic heterocycles. The van der Waals surface area contributed by atoms with Crippen LogP contribution in [0.3, 0.4) is 0 Å². The molecule has 0 aliphatic carbocycles. The molecule has 1 atom stereocenters. The molecule has 1 amide bonds. The molecule has 16 heavy (non-hydrogen) atoms. The number of carbonyl (C=O) groups excluding carboxylic acids is 1. The maximum atomic E-state index is 10.9. The Labute approximate surface area is 95.2 Å². The normalized spacial score (nSPS) is 21.1. The molecule has 86 valence electrons. The summed E-state index contributed by atoms with van der Waals surface area (Å²) in [5.41, 5.74) is 12.9. The molecule has 0 saturated carbocycles. The molecule has 0 spiro atoms. The number of amides is 1. The number of benzene rings is 1. The van der Waals surface area contributed by atoms with E-state index in [1.165, 1.54) is 5.56 Å². The number of hydrogen-bond acceptors (Lipinski definition) is 3. The molecule has 1 saturated heterocycles. The standard InChI is InChI=1S/C12H17N3O/c13-10-5-3-9(4-6-10)11-2-1-7-15(11)8-12(14)16/h3-6,11H,1-2,7-8,13H2,(H2,14,16). The van der Waals surface area contributed by atoms with Gasteiger partial charge in [0, 0.05) is 11.7 Å². The molecular weight excluding hydrogens is 202 g/mol. The Balaban J connectivity index is 2.13. The van der Waals surface area contributed by atoms with Crippen LogP contribution in [-0.4, -0.2) is 23.9 Å². The van der Waals surface area contributed by atoms with E-state index >= 15 is 0 Å². The first-order valence-corrected chi connectivity index (χ1v) is 5.54. The van der Waals surface area contributed by atoms with E-state index in [2.05, 4.69) is 4.90 Å². The first-order valence-electron chi connectivity index (χ1n) is 5.54. The van der Waals surface area contributed by atoms with Crippen molar-refractivity contribution in [1.29, 1.82) is 0 Å². The number of nitrogens with zero attached hydrogens (tertiary/aromatic N) is 1. The average molecular weight is 219 g/mol. The number of hydrogen-bond donors (Lipinski definition) is 2. The monoisotopic (exact) mass is 219 g/mol. The third-order valence-electron chi connectivity index (χ3n) is 3.04. The van der Waals surface area contributed by atoms with Gasteiger partial charge in [-0.2, -0.15) is 0 Å². The van der Waals surface area contributed by atoms with Crippen molar-refractivity contribution < 1.29 is 4.79 Å². The van der Waals surface area contributed by atoms with Gasteiger partial charge in [0.2, 0.25) is 5.91 Å². The van der Waals surface area contributed by atoms with E-state index < -0.39 is 0 Å². The summed E-state index contributed by atoms with van der Waals surface area (Å²) in [5, 5.41) is 0. The van der Waals surface area contributed by atoms with E-state index in [-0.39, 0.29) is 5.91 Å². The Morgan fingerprint density at radius 3 is 2.69 bits per heavy atom. The van der Waals surface area contributed by atoms with Gasteiger partial charge in [0.25, 0.3) is 0 Å². The van der Waals surface area contributed by atoms with Crippen LogP contribution in [0.15, 0.2) is 24.3 Å². The second-order valence-electron chi connectivity index (χ2n) is 4.26. The van der Waals surface area contributed by atoms with Crippen LogP contribution in [0.5, 0.6) is 0 Å². The fourth-order valence-electron chi connectivity index (χ4n) is 2.31. The molecule has 4 heteroatoms. The van der Waals surface area contributed by atoms with Gasteiger partial charge < -0.3 is 11.5 Å². The van der Waals surface area contributed by atoms with Gasteiger partial charge in [-0.3, -0.25) is 9.69 Å². The smallest absolute Gasteiger partial charge is 0.231 e. The van der Waals surface area contributed by atoms with Crippen molar-refractivity contribution in [3.05, 3.63) is 29.8 Å². The van der Waals surface area contributed by atoms with E-state index in [0.29, 0.717) is 12.6 Å². The lowest BCUT2D eigenvalue weighted by molar-refractivity contribution is -0.119. The van der Waals surface area contributed by atoms with Crippen LogP contribution in [0.1, 0.15) is 24.4 Å². The van der Waals surface area contributed by atoms with Gasteiger partial charge in [-0.05, 0) is 37.1 Å². The van der Waals surface area contributed by atoms with E-state index in [4.69, 9.17) is 11.5 Å². The predicted molar refractivity (Wildman–Crippen MR) is 63.6 cm³/mol. The Bertz CT molecular complexity index is 374. The van der Waals surface area contributed by atoms with Crippen molar-refractivity contribution in [2.24, 2.45) is 5.73 Å². The topological polar surface area (TPSA) is 72.4 Å². The Hall–Kier alpha value is -1.55. The first-order chi connectivity index (χ1) is 7.66. The largest absolute Gasteiger partial charge is 0.399 e. The molecule has 1 aliphatic heterocycles. The third kappa shape index (κ3) is 2.33. The Morgan fingerprint density at radius 1 is 1.38 bits per heavy atom. The predicted octanol–water partition coefficient (Wildman–Crippen LogP) is 0.891. The third-order valence-corrected chi connectivity index (χ3v) is 3.04. The number of primary amides is 1. The maximum absolute atomic E-state index is 10.9. The van der Waals surface area contributed by atoms with Gasteiger partial charge in [-0.15, -0.1) is 0 Å². The van der Waals surface area contributed by atoms with Crippen LogP contribution < -0.4 is 11.5 Å². The summed E-state index contributed by atoms with van der Waals surface area (Å²) >= 11 is 0. The van der Waals surface area contributed by atoms with Crippen molar-refractivity contribution in [3.63, 3.8) is 0 Å². The summed E-state index contributed by atoms with van der Waals surface area (Å²) in [7, 11) is 0. The van der Waals surface area contributed by atoms with E-state index in [1.807, 2.05) is 24.3 Å². The molecule has 1 aromatic rings. The van der Waals surface area contributed by atoms with Gasteiger partial charge in [0.1, 0.15) is 0 Å². The van der Waals surface area contributed by atoms with Crippen LogP contribution >= 0.6 is 0 Å². The SMILES string of the molecule is NC(=O)CN1CCCC1c1ccc(N)cc1. The molecule has 1 aromatic carbocycles. The number of rotatable bonds is 3. The quantitative estimate of drug-likeness (QED) is 0.742. The molecule has 2 rings (SSSR count). The maximum Gasteiger partial charge on any atom is 0.231 e. The zero-order valence-electron chi connectivity index (χ0n) is 9.23. The van der Waals surface area contributed by atoms with Gasteiger partial charge in [-0.25, -0.2) is 0 Å². The Kier molecular flexibility index (Phi) is 3.10. The Morgan fingerprint density at radius 2 is 2.06 bits per heavy atom. The summed E-state index contributed by atoms with van der Waals surface area (Å²) < 4.78 is 0. The first kappa shape index (κ1) is 11.0. The second kappa shape index (κ2) is 4.53. The fraction of sp³-hybridized carbons (Fsp3) is 0.417. The molecule has 1 fully saturated rings. The highest BCUT2D eigenvalue weighted by Gasteiger charge is 2.26. The number of nitrogens with two attached hydrogens (primary N) is 2. The van der Waals surface area contributed by atoms with Crippen LogP contribution in [0.25, 0.3) is 0 Å². The minimum atomic E-state index is -0.262. The lowest BCUT2D eigenvalue weighted by Crippen LogP contribution is -2.33. The van der Waals surface area contributed by atoms with Crippen LogP contribution in [0.4, 0.5) is 5.69 Å². The van der Waals surface area contributed by atoms with E-state index in [0.717, 1.165) is 25.1 Å². The molecule has 4 N–H and O–H groups in total. The zero-order valence-corrected chi connectivity index (χ0v) is 9.23. The van der Waals surface area contributed by atoms with Gasteiger partial charge in [0.05, 0.1) is 6.54 Å². The van der Waals surface area contributed by atoms with Crippen LogP contribution in [0.2, 0.25) is 0 Å². The lowest BCUT2D eigenvalue weighted by atomic mass is 10.0. The minimum absolute atomic E-state index is 0.262. The van der Waals surface area contributed by atoms with Crippen LogP contribution in [0, 0.1) is 0 Å². The summed E-state index contributed by atoms with van der Waals surface area (Å²) in [6, 6.07) is 8.17. The summed E-state index contributed by atoms with van der Waals surface area (Å²) in [6.07, 6.45) is 2.19. The van der Waals surface area contributed by atoms with E-state index in [1.54, 1.807) is 0 Å². The van der Waals surface area contributed by atoms with Gasteiger partial charge >= 0.3 is 0 Å². The molecule has 1 unspecified atom stereocenters. The number of anilines is 1. The molecule has 0 bridgehead atoms. The lowest BCUT2D eigenvalue weighted by Gasteiger charge is -2.23. The van der Waals surface area contributed by atoms with Gasteiger partial charge in [0.15, 0.2) is 0 Å². The second-order valence-corrected chi connectivity index (χ2v) is 4.26. The highest BCUT2D eigenvalue weighted by Crippen LogP contribution is 2.31. The summed E-state index contributed by atoms with van der Waals surface area (Å²) in [4.78, 5) is 13.1.